The molecule has 4 nitrogen and oxygen atoms in total. The van der Waals surface area contributed by atoms with Crippen molar-refractivity contribution >= 4 is 11.2 Å². The van der Waals surface area contributed by atoms with Crippen LogP contribution in [-0.4, -0.2) is 38.6 Å². The van der Waals surface area contributed by atoms with Crippen molar-refractivity contribution < 1.29 is 0 Å². The lowest BCUT2D eigenvalue weighted by molar-refractivity contribution is 0.131. The number of aromatic nitrogens is 3. The highest BCUT2D eigenvalue weighted by molar-refractivity contribution is 5.71. The molecular weight excluding hydrogens is 260 g/mol. The Morgan fingerprint density at radius 3 is 3.00 bits per heavy atom. The number of hydrogen-bond donors (Lipinski definition) is 0. The number of aryl methyl sites for hydroxylation is 1. The van der Waals surface area contributed by atoms with E-state index in [-0.39, 0.29) is 0 Å². The first-order chi connectivity index (χ1) is 10.2. The summed E-state index contributed by atoms with van der Waals surface area (Å²) >= 11 is 0. The Labute approximate surface area is 127 Å². The van der Waals surface area contributed by atoms with Crippen molar-refractivity contribution in [3.8, 4) is 0 Å². The fourth-order valence-electron chi connectivity index (χ4n) is 3.44. The van der Waals surface area contributed by atoms with Gasteiger partial charge >= 0.3 is 0 Å². The third kappa shape index (κ3) is 2.95. The molecule has 2 aromatic rings. The van der Waals surface area contributed by atoms with Crippen LogP contribution in [0.3, 0.4) is 0 Å². The van der Waals surface area contributed by atoms with E-state index >= 15 is 0 Å². The number of fused-ring (bicyclic) bond motifs is 1. The van der Waals surface area contributed by atoms with Gasteiger partial charge in [-0.15, -0.1) is 0 Å². The quantitative estimate of drug-likeness (QED) is 0.866. The van der Waals surface area contributed by atoms with Crippen LogP contribution in [-0.2, 0) is 13.0 Å². The normalized spacial score (nSPS) is 20.5. The van der Waals surface area contributed by atoms with Gasteiger partial charge in [-0.05, 0) is 51.3 Å². The van der Waals surface area contributed by atoms with Crippen LogP contribution in [0.5, 0.6) is 0 Å². The fourth-order valence-corrected chi connectivity index (χ4v) is 3.44. The summed E-state index contributed by atoms with van der Waals surface area (Å²) < 4.78 is 2.35. The molecule has 3 heterocycles. The second-order valence-corrected chi connectivity index (χ2v) is 6.44. The number of likely N-dealkylation sites (tertiary alicyclic amines) is 1. The number of hydrogen-bond acceptors (Lipinski definition) is 3. The van der Waals surface area contributed by atoms with Gasteiger partial charge in [0.15, 0.2) is 5.65 Å². The van der Waals surface area contributed by atoms with Crippen LogP contribution in [0.15, 0.2) is 18.3 Å². The fraction of sp³-hybridized carbons (Fsp3) is 0.647. The smallest absolute Gasteiger partial charge is 0.159 e. The Kier molecular flexibility index (Phi) is 4.24. The molecule has 1 aliphatic rings. The first-order valence-electron chi connectivity index (χ1n) is 8.23. The zero-order chi connectivity index (χ0) is 14.8. The maximum absolute atomic E-state index is 4.74. The van der Waals surface area contributed by atoms with Crippen molar-refractivity contribution in [1.82, 2.24) is 19.4 Å². The van der Waals surface area contributed by atoms with Gasteiger partial charge < -0.3 is 9.47 Å². The van der Waals surface area contributed by atoms with E-state index in [1.807, 2.05) is 12.3 Å². The van der Waals surface area contributed by atoms with Crippen LogP contribution < -0.4 is 0 Å². The van der Waals surface area contributed by atoms with E-state index in [9.17, 15) is 0 Å². The topological polar surface area (TPSA) is 34.0 Å². The molecule has 1 unspecified atom stereocenters. The van der Waals surface area contributed by atoms with Crippen LogP contribution in [0.4, 0.5) is 0 Å². The van der Waals surface area contributed by atoms with Gasteiger partial charge in [0, 0.05) is 31.7 Å². The minimum absolute atomic E-state index is 0.649. The van der Waals surface area contributed by atoms with Crippen LogP contribution in [0, 0.1) is 5.92 Å². The molecule has 0 aliphatic carbocycles. The molecule has 2 aromatic heterocycles. The van der Waals surface area contributed by atoms with E-state index in [1.165, 1.54) is 31.8 Å². The van der Waals surface area contributed by atoms with Crippen molar-refractivity contribution in [2.75, 3.05) is 13.1 Å². The molecule has 0 N–H and O–H groups in total. The lowest BCUT2D eigenvalue weighted by Gasteiger charge is -2.35. The Morgan fingerprint density at radius 2 is 2.24 bits per heavy atom. The van der Waals surface area contributed by atoms with Crippen molar-refractivity contribution in [2.45, 2.75) is 52.6 Å². The Bertz CT molecular complexity index is 602. The summed E-state index contributed by atoms with van der Waals surface area (Å²) in [6.45, 7) is 10.3. The number of rotatable bonds is 4. The van der Waals surface area contributed by atoms with Crippen molar-refractivity contribution in [2.24, 2.45) is 5.92 Å². The molecule has 0 spiro atoms. The van der Waals surface area contributed by atoms with Gasteiger partial charge in [-0.25, -0.2) is 9.97 Å². The molecular formula is C17H26N4. The first-order valence-corrected chi connectivity index (χ1v) is 8.23. The number of imidazole rings is 1. The minimum Gasteiger partial charge on any atom is -0.312 e. The van der Waals surface area contributed by atoms with Gasteiger partial charge in [-0.3, -0.25) is 0 Å². The summed E-state index contributed by atoms with van der Waals surface area (Å²) in [5.74, 6) is 1.89. The largest absolute Gasteiger partial charge is 0.312 e. The van der Waals surface area contributed by atoms with E-state index < -0.39 is 0 Å². The van der Waals surface area contributed by atoms with Gasteiger partial charge in [-0.1, -0.05) is 6.92 Å². The zero-order valence-electron chi connectivity index (χ0n) is 13.4. The summed E-state index contributed by atoms with van der Waals surface area (Å²) in [4.78, 5) is 11.9. The molecule has 21 heavy (non-hydrogen) atoms. The number of piperidine rings is 1. The predicted molar refractivity (Wildman–Crippen MR) is 86.3 cm³/mol. The van der Waals surface area contributed by atoms with E-state index in [0.717, 1.165) is 24.1 Å². The molecule has 114 valence electrons. The van der Waals surface area contributed by atoms with Gasteiger partial charge in [0.2, 0.25) is 0 Å². The van der Waals surface area contributed by atoms with Gasteiger partial charge in [0.25, 0.3) is 0 Å². The number of pyridine rings is 1. The average molecular weight is 286 g/mol. The SMILES string of the molecule is CCc1nc2cccnc2n1CC1CCCN(C(C)C)C1. The summed E-state index contributed by atoms with van der Waals surface area (Å²) in [7, 11) is 0. The standard InChI is InChI=1S/C17H26N4/c1-4-16-19-15-8-5-9-18-17(15)21(16)12-14-7-6-10-20(11-14)13(2)3/h5,8-9,13-14H,4,6-7,10-12H2,1-3H3. The third-order valence-electron chi connectivity index (χ3n) is 4.62. The van der Waals surface area contributed by atoms with Crippen LogP contribution >= 0.6 is 0 Å². The second-order valence-electron chi connectivity index (χ2n) is 6.44. The Morgan fingerprint density at radius 1 is 1.38 bits per heavy atom. The van der Waals surface area contributed by atoms with Crippen LogP contribution in [0.25, 0.3) is 11.2 Å². The van der Waals surface area contributed by atoms with Gasteiger partial charge in [0.05, 0.1) is 0 Å². The highest BCUT2D eigenvalue weighted by atomic mass is 15.2. The third-order valence-corrected chi connectivity index (χ3v) is 4.62. The van der Waals surface area contributed by atoms with Crippen molar-refractivity contribution in [3.05, 3.63) is 24.2 Å². The van der Waals surface area contributed by atoms with E-state index in [4.69, 9.17) is 4.98 Å². The molecule has 1 atom stereocenters. The zero-order valence-corrected chi connectivity index (χ0v) is 13.4. The first kappa shape index (κ1) is 14.5. The lowest BCUT2D eigenvalue weighted by atomic mass is 9.97. The maximum Gasteiger partial charge on any atom is 0.159 e. The summed E-state index contributed by atoms with van der Waals surface area (Å²) in [5.41, 5.74) is 2.09. The molecule has 0 amide bonds. The van der Waals surface area contributed by atoms with Crippen LogP contribution in [0.2, 0.25) is 0 Å². The maximum atomic E-state index is 4.74. The Hall–Kier alpha value is -1.42. The second kappa shape index (κ2) is 6.14. The van der Waals surface area contributed by atoms with Gasteiger partial charge in [-0.2, -0.15) is 0 Å². The molecule has 0 bridgehead atoms. The molecule has 1 fully saturated rings. The monoisotopic (exact) mass is 286 g/mol. The molecule has 0 saturated carbocycles. The number of nitrogens with zero attached hydrogens (tertiary/aromatic N) is 4. The lowest BCUT2D eigenvalue weighted by Crippen LogP contribution is -2.41. The molecule has 3 rings (SSSR count). The summed E-state index contributed by atoms with van der Waals surface area (Å²) in [5, 5.41) is 0. The predicted octanol–water partition coefficient (Wildman–Crippen LogP) is 3.11. The average Bonchev–Trinajstić information content (AvgIpc) is 2.86. The van der Waals surface area contributed by atoms with E-state index in [2.05, 4.69) is 41.3 Å². The Balaban J connectivity index is 1.84. The molecule has 0 radical (unpaired) electrons. The van der Waals surface area contributed by atoms with Gasteiger partial charge in [0.1, 0.15) is 11.3 Å². The molecule has 4 heteroatoms. The van der Waals surface area contributed by atoms with Crippen molar-refractivity contribution in [1.29, 1.82) is 0 Å². The summed E-state index contributed by atoms with van der Waals surface area (Å²) in [6.07, 6.45) is 5.47. The van der Waals surface area contributed by atoms with E-state index in [0.29, 0.717) is 12.0 Å². The van der Waals surface area contributed by atoms with E-state index in [1.54, 1.807) is 0 Å². The molecule has 1 saturated heterocycles. The molecule has 1 aliphatic heterocycles. The highest BCUT2D eigenvalue weighted by Gasteiger charge is 2.23. The van der Waals surface area contributed by atoms with Crippen molar-refractivity contribution in [3.63, 3.8) is 0 Å². The van der Waals surface area contributed by atoms with Crippen LogP contribution in [0.1, 0.15) is 39.4 Å². The summed E-state index contributed by atoms with van der Waals surface area (Å²) in [6, 6.07) is 4.69. The molecule has 0 aromatic carbocycles. The highest BCUT2D eigenvalue weighted by Crippen LogP contribution is 2.23. The minimum atomic E-state index is 0.649.